The number of nitrogens with zero attached hydrogens (tertiary/aromatic N) is 2. The molecule has 1 aliphatic heterocycles. The fraction of sp³-hybridized carbons (Fsp3) is 0.812. The molecule has 1 N–H and O–H groups in total. The van der Waals surface area contributed by atoms with E-state index in [2.05, 4.69) is 60.9 Å². The lowest BCUT2D eigenvalue weighted by molar-refractivity contribution is 0.477. The molecule has 3 nitrogen and oxygen atoms in total. The summed E-state index contributed by atoms with van der Waals surface area (Å²) in [5, 5.41) is 9.76. The van der Waals surface area contributed by atoms with Gasteiger partial charge in [-0.15, -0.1) is 0 Å². The van der Waals surface area contributed by atoms with Gasteiger partial charge in [0.2, 0.25) is 0 Å². The van der Waals surface area contributed by atoms with E-state index in [4.69, 9.17) is 0 Å². The van der Waals surface area contributed by atoms with Crippen LogP contribution in [0, 0.1) is 0 Å². The van der Waals surface area contributed by atoms with Crippen LogP contribution in [0.3, 0.4) is 0 Å². The zero-order valence-corrected chi connectivity index (χ0v) is 15.2. The van der Waals surface area contributed by atoms with Gasteiger partial charge >= 0.3 is 0 Å². The van der Waals surface area contributed by atoms with Gasteiger partial charge in [-0.3, -0.25) is 4.68 Å². The van der Waals surface area contributed by atoms with Gasteiger partial charge in [0.25, 0.3) is 0 Å². The molecular weight excluding hydrogens is 298 g/mol. The van der Waals surface area contributed by atoms with E-state index in [9.17, 15) is 0 Å². The highest BCUT2D eigenvalue weighted by Gasteiger charge is 2.31. The lowest BCUT2D eigenvalue weighted by Gasteiger charge is -2.36. The summed E-state index contributed by atoms with van der Waals surface area (Å²) in [4.78, 5) is 0. The maximum Gasteiger partial charge on any atom is 0.0522 e. The van der Waals surface area contributed by atoms with Crippen LogP contribution in [-0.2, 0) is 13.0 Å². The summed E-state index contributed by atoms with van der Waals surface area (Å²) >= 11 is 4.35. The third kappa shape index (κ3) is 4.93. The Kier molecular flexibility index (Phi) is 7.47. The molecule has 0 bridgehead atoms. The van der Waals surface area contributed by atoms with Gasteiger partial charge in [0.05, 0.1) is 6.20 Å². The third-order valence-corrected chi connectivity index (χ3v) is 7.42. The Bertz CT molecular complexity index is 408. The smallest absolute Gasteiger partial charge is 0.0522 e. The summed E-state index contributed by atoms with van der Waals surface area (Å²) in [5.41, 5.74) is 1.37. The van der Waals surface area contributed by atoms with Crippen molar-refractivity contribution in [1.29, 1.82) is 0 Å². The summed E-state index contributed by atoms with van der Waals surface area (Å²) in [6, 6.07) is 0.571. The van der Waals surface area contributed by atoms with Crippen molar-refractivity contribution >= 4 is 23.5 Å². The Hall–Kier alpha value is -0.130. The Labute approximate surface area is 138 Å². The Morgan fingerprint density at radius 3 is 2.81 bits per heavy atom. The average Bonchev–Trinajstić information content (AvgIpc) is 2.99. The predicted octanol–water partition coefficient (Wildman–Crippen LogP) is 3.44. The molecule has 3 unspecified atom stereocenters. The summed E-state index contributed by atoms with van der Waals surface area (Å²) in [6.07, 6.45) is 7.84. The topological polar surface area (TPSA) is 29.9 Å². The molecule has 21 heavy (non-hydrogen) atoms. The molecule has 0 spiro atoms. The van der Waals surface area contributed by atoms with E-state index in [0.29, 0.717) is 6.04 Å². The molecule has 0 amide bonds. The molecule has 0 radical (unpaired) electrons. The molecule has 3 atom stereocenters. The number of aromatic nitrogens is 2. The zero-order chi connectivity index (χ0) is 15.1. The van der Waals surface area contributed by atoms with Gasteiger partial charge in [-0.05, 0) is 38.3 Å². The third-order valence-electron chi connectivity index (χ3n) is 4.01. The number of nitrogens with one attached hydrogen (secondary N) is 1. The van der Waals surface area contributed by atoms with Crippen molar-refractivity contribution < 1.29 is 0 Å². The quantitative estimate of drug-likeness (QED) is 0.792. The highest BCUT2D eigenvalue weighted by Crippen LogP contribution is 2.36. The average molecular weight is 328 g/mol. The van der Waals surface area contributed by atoms with Crippen LogP contribution in [0.25, 0.3) is 0 Å². The number of hydrogen-bond acceptors (Lipinski definition) is 4. The summed E-state index contributed by atoms with van der Waals surface area (Å²) in [7, 11) is 0. The number of aryl methyl sites for hydroxylation is 1. The molecule has 1 aromatic rings. The van der Waals surface area contributed by atoms with E-state index >= 15 is 0 Å². The van der Waals surface area contributed by atoms with Crippen LogP contribution in [0.2, 0.25) is 0 Å². The van der Waals surface area contributed by atoms with Gasteiger partial charge in [0.15, 0.2) is 0 Å². The Balaban J connectivity index is 2.04. The summed E-state index contributed by atoms with van der Waals surface area (Å²) in [5.74, 6) is 2.61. The second-order valence-corrected chi connectivity index (χ2v) is 8.25. The van der Waals surface area contributed by atoms with E-state index in [-0.39, 0.29) is 0 Å². The van der Waals surface area contributed by atoms with Crippen LogP contribution in [0.5, 0.6) is 0 Å². The SMILES string of the molecule is CCCNC(Cc1cnn(CC)c1)C1SCCSC1CC. The van der Waals surface area contributed by atoms with Crippen LogP contribution in [0.4, 0.5) is 0 Å². The normalized spacial score (nSPS) is 24.1. The molecule has 0 aromatic carbocycles. The molecule has 120 valence electrons. The molecule has 5 heteroatoms. The maximum absolute atomic E-state index is 4.43. The first-order valence-corrected chi connectivity index (χ1v) is 10.4. The lowest BCUT2D eigenvalue weighted by atomic mass is 10.0. The van der Waals surface area contributed by atoms with Crippen LogP contribution >= 0.6 is 23.5 Å². The van der Waals surface area contributed by atoms with Gasteiger partial charge in [0, 0.05) is 40.8 Å². The van der Waals surface area contributed by atoms with Crippen molar-refractivity contribution in [2.24, 2.45) is 0 Å². The standard InChI is InChI=1S/C16H29N3S2/c1-4-7-17-14(10-13-11-18-19(6-3)12-13)16-15(5-2)20-8-9-21-16/h11-12,14-17H,4-10H2,1-3H3. The van der Waals surface area contributed by atoms with Crippen molar-refractivity contribution in [1.82, 2.24) is 15.1 Å². The van der Waals surface area contributed by atoms with Gasteiger partial charge in [-0.1, -0.05) is 13.8 Å². The van der Waals surface area contributed by atoms with Crippen molar-refractivity contribution in [3.63, 3.8) is 0 Å². The van der Waals surface area contributed by atoms with Crippen molar-refractivity contribution in [2.45, 2.75) is 63.1 Å². The van der Waals surface area contributed by atoms with Crippen molar-refractivity contribution in [3.8, 4) is 0 Å². The van der Waals surface area contributed by atoms with E-state index in [1.807, 2.05) is 10.9 Å². The minimum Gasteiger partial charge on any atom is -0.313 e. The van der Waals surface area contributed by atoms with E-state index < -0.39 is 0 Å². The largest absolute Gasteiger partial charge is 0.313 e. The number of rotatable bonds is 8. The van der Waals surface area contributed by atoms with E-state index in [1.54, 1.807) is 0 Å². The monoisotopic (exact) mass is 327 g/mol. The lowest BCUT2D eigenvalue weighted by Crippen LogP contribution is -2.46. The molecule has 1 aromatic heterocycles. The molecule has 1 aliphatic rings. The molecule has 0 aliphatic carbocycles. The summed E-state index contributed by atoms with van der Waals surface area (Å²) < 4.78 is 2.03. The molecule has 1 fully saturated rings. The number of thioether (sulfide) groups is 2. The minimum absolute atomic E-state index is 0.571. The van der Waals surface area contributed by atoms with Crippen molar-refractivity contribution in [3.05, 3.63) is 18.0 Å². The second-order valence-electron chi connectivity index (χ2n) is 5.62. The van der Waals surface area contributed by atoms with Crippen LogP contribution in [-0.4, -0.2) is 44.4 Å². The highest BCUT2D eigenvalue weighted by molar-refractivity contribution is 8.07. The zero-order valence-electron chi connectivity index (χ0n) is 13.5. The first-order valence-electron chi connectivity index (χ1n) is 8.26. The van der Waals surface area contributed by atoms with E-state index in [0.717, 1.165) is 30.0 Å². The molecular formula is C16H29N3S2. The van der Waals surface area contributed by atoms with Gasteiger partial charge < -0.3 is 5.32 Å². The van der Waals surface area contributed by atoms with E-state index in [1.165, 1.54) is 29.9 Å². The minimum atomic E-state index is 0.571. The van der Waals surface area contributed by atoms with Crippen molar-refractivity contribution in [2.75, 3.05) is 18.1 Å². The summed E-state index contributed by atoms with van der Waals surface area (Å²) in [6.45, 7) is 8.80. The molecule has 0 saturated carbocycles. The van der Waals surface area contributed by atoms with Crippen LogP contribution < -0.4 is 5.32 Å². The first kappa shape index (κ1) is 17.2. The fourth-order valence-electron chi connectivity index (χ4n) is 2.88. The molecule has 1 saturated heterocycles. The maximum atomic E-state index is 4.43. The highest BCUT2D eigenvalue weighted by atomic mass is 32.2. The second kappa shape index (κ2) is 9.11. The number of hydrogen-bond donors (Lipinski definition) is 1. The molecule has 2 rings (SSSR count). The van der Waals surface area contributed by atoms with Gasteiger partial charge in [-0.2, -0.15) is 28.6 Å². The Morgan fingerprint density at radius 2 is 2.14 bits per heavy atom. The first-order chi connectivity index (χ1) is 10.3. The fourth-order valence-corrected chi connectivity index (χ4v) is 6.15. The molecule has 2 heterocycles. The predicted molar refractivity (Wildman–Crippen MR) is 96.5 cm³/mol. The van der Waals surface area contributed by atoms with Gasteiger partial charge in [0.1, 0.15) is 0 Å². The van der Waals surface area contributed by atoms with Gasteiger partial charge in [-0.25, -0.2) is 0 Å². The van der Waals surface area contributed by atoms with Crippen LogP contribution in [0.15, 0.2) is 12.4 Å². The Morgan fingerprint density at radius 1 is 1.33 bits per heavy atom. The van der Waals surface area contributed by atoms with Crippen LogP contribution in [0.1, 0.15) is 39.2 Å².